The zero-order chi connectivity index (χ0) is 14.9. The highest BCUT2D eigenvalue weighted by Gasteiger charge is 2.38. The maximum absolute atomic E-state index is 13.5. The van der Waals surface area contributed by atoms with E-state index in [0.29, 0.717) is 0 Å². The van der Waals surface area contributed by atoms with Crippen molar-refractivity contribution in [3.05, 3.63) is 35.4 Å². The fourth-order valence-electron chi connectivity index (χ4n) is 2.27. The number of likely N-dealkylation sites (tertiary alicyclic amines) is 1. The third kappa shape index (κ3) is 2.77. The third-order valence-electron chi connectivity index (χ3n) is 3.26. The van der Waals surface area contributed by atoms with Gasteiger partial charge in [-0.05, 0) is 6.07 Å². The van der Waals surface area contributed by atoms with Crippen molar-refractivity contribution in [1.82, 2.24) is 4.90 Å². The Morgan fingerprint density at radius 2 is 2.05 bits per heavy atom. The predicted molar refractivity (Wildman–Crippen MR) is 63.8 cm³/mol. The Morgan fingerprint density at radius 3 is 2.70 bits per heavy atom. The van der Waals surface area contributed by atoms with Crippen LogP contribution in [0.4, 0.5) is 8.78 Å². The minimum Gasteiger partial charge on any atom is -0.480 e. The van der Waals surface area contributed by atoms with Gasteiger partial charge in [0.15, 0.2) is 11.6 Å². The molecule has 0 radical (unpaired) electrons. The van der Waals surface area contributed by atoms with Gasteiger partial charge in [0.1, 0.15) is 6.04 Å². The van der Waals surface area contributed by atoms with Crippen molar-refractivity contribution in [3.8, 4) is 0 Å². The number of carboxylic acid groups (broad SMARTS) is 1. The molecule has 1 heterocycles. The number of hydrogen-bond donors (Lipinski definition) is 2. The molecule has 1 fully saturated rings. The van der Waals surface area contributed by atoms with Crippen LogP contribution in [0.3, 0.4) is 0 Å². The Hall–Kier alpha value is -2.02. The van der Waals surface area contributed by atoms with Crippen LogP contribution in [0, 0.1) is 11.6 Å². The Labute approximate surface area is 113 Å². The molecule has 5 nitrogen and oxygen atoms in total. The number of aliphatic hydroxyl groups is 1. The van der Waals surface area contributed by atoms with E-state index in [0.717, 1.165) is 11.0 Å². The van der Waals surface area contributed by atoms with Crippen molar-refractivity contribution in [2.45, 2.75) is 25.0 Å². The number of amides is 1. The fraction of sp³-hybridized carbons (Fsp3) is 0.385. The highest BCUT2D eigenvalue weighted by atomic mass is 19.2. The molecule has 7 heteroatoms. The lowest BCUT2D eigenvalue weighted by Crippen LogP contribution is -2.41. The van der Waals surface area contributed by atoms with Gasteiger partial charge in [-0.25, -0.2) is 13.6 Å². The van der Waals surface area contributed by atoms with Gasteiger partial charge in [-0.2, -0.15) is 0 Å². The van der Waals surface area contributed by atoms with Gasteiger partial charge in [0.2, 0.25) is 5.91 Å². The number of hydrogen-bond acceptors (Lipinski definition) is 3. The van der Waals surface area contributed by atoms with Crippen molar-refractivity contribution in [2.24, 2.45) is 0 Å². The van der Waals surface area contributed by atoms with E-state index >= 15 is 0 Å². The van der Waals surface area contributed by atoms with Crippen LogP contribution in [-0.4, -0.2) is 45.7 Å². The van der Waals surface area contributed by atoms with E-state index in [1.807, 2.05) is 0 Å². The van der Waals surface area contributed by atoms with Gasteiger partial charge in [-0.1, -0.05) is 12.1 Å². The van der Waals surface area contributed by atoms with Crippen LogP contribution < -0.4 is 0 Å². The zero-order valence-corrected chi connectivity index (χ0v) is 10.4. The lowest BCUT2D eigenvalue weighted by molar-refractivity contribution is -0.148. The molecule has 1 amide bonds. The van der Waals surface area contributed by atoms with Gasteiger partial charge >= 0.3 is 5.97 Å². The Morgan fingerprint density at radius 1 is 1.35 bits per heavy atom. The molecular weight excluding hydrogens is 272 g/mol. The SMILES string of the molecule is O=C(O)C1CC(O)CN1C(=O)Cc1cccc(F)c1F. The number of nitrogens with zero attached hydrogens (tertiary/aromatic N) is 1. The average molecular weight is 285 g/mol. The van der Waals surface area contributed by atoms with Crippen molar-refractivity contribution in [2.75, 3.05) is 6.54 Å². The smallest absolute Gasteiger partial charge is 0.326 e. The van der Waals surface area contributed by atoms with Crippen molar-refractivity contribution in [1.29, 1.82) is 0 Å². The van der Waals surface area contributed by atoms with E-state index in [2.05, 4.69) is 0 Å². The van der Waals surface area contributed by atoms with Gasteiger partial charge in [0.05, 0.1) is 12.5 Å². The molecule has 2 unspecified atom stereocenters. The number of carboxylic acids is 1. The Bertz CT molecular complexity index is 549. The van der Waals surface area contributed by atoms with Crippen LogP contribution in [0.5, 0.6) is 0 Å². The molecule has 0 aliphatic carbocycles. The van der Waals surface area contributed by atoms with Crippen LogP contribution in [0.25, 0.3) is 0 Å². The van der Waals surface area contributed by atoms with E-state index < -0.39 is 42.1 Å². The lowest BCUT2D eigenvalue weighted by atomic mass is 10.1. The second kappa shape index (κ2) is 5.54. The molecule has 1 saturated heterocycles. The molecule has 0 spiro atoms. The lowest BCUT2D eigenvalue weighted by Gasteiger charge is -2.21. The minimum absolute atomic E-state index is 0.0628. The molecule has 0 saturated carbocycles. The number of aliphatic carboxylic acids is 1. The second-order valence-corrected chi connectivity index (χ2v) is 4.68. The molecule has 20 heavy (non-hydrogen) atoms. The maximum atomic E-state index is 13.5. The number of halogens is 2. The Balaban J connectivity index is 2.15. The third-order valence-corrected chi connectivity index (χ3v) is 3.26. The molecule has 2 rings (SSSR count). The van der Waals surface area contributed by atoms with Gasteiger partial charge in [-0.15, -0.1) is 0 Å². The number of aliphatic hydroxyl groups excluding tert-OH is 1. The second-order valence-electron chi connectivity index (χ2n) is 4.68. The molecule has 0 bridgehead atoms. The molecule has 1 aliphatic heterocycles. The molecule has 1 aromatic carbocycles. The first kappa shape index (κ1) is 14.4. The molecule has 2 atom stereocenters. The summed E-state index contributed by atoms with van der Waals surface area (Å²) in [6.07, 6.45) is -1.43. The number of carbonyl (C=O) groups is 2. The normalized spacial score (nSPS) is 22.1. The van der Waals surface area contributed by atoms with E-state index in [9.17, 15) is 23.5 Å². The van der Waals surface area contributed by atoms with Crippen molar-refractivity contribution in [3.63, 3.8) is 0 Å². The first-order valence-corrected chi connectivity index (χ1v) is 6.03. The van der Waals surface area contributed by atoms with Crippen LogP contribution >= 0.6 is 0 Å². The standard InChI is InChI=1S/C13H13F2NO4/c14-9-3-1-2-7(12(9)15)4-11(18)16-6-8(17)5-10(16)13(19)20/h1-3,8,10,17H,4-6H2,(H,19,20). The quantitative estimate of drug-likeness (QED) is 0.850. The summed E-state index contributed by atoms with van der Waals surface area (Å²) in [6.45, 7) is -0.118. The molecular formula is C13H13F2NO4. The largest absolute Gasteiger partial charge is 0.480 e. The number of β-amino-alcohol motifs (C(OH)–C–C–N with tert-alkyl or cyclic N) is 1. The number of benzene rings is 1. The predicted octanol–water partition coefficient (Wildman–Crippen LogP) is 0.554. The van der Waals surface area contributed by atoms with Crippen LogP contribution in [0.1, 0.15) is 12.0 Å². The fourth-order valence-corrected chi connectivity index (χ4v) is 2.27. The maximum Gasteiger partial charge on any atom is 0.326 e. The highest BCUT2D eigenvalue weighted by molar-refractivity contribution is 5.85. The van der Waals surface area contributed by atoms with Gasteiger partial charge in [0, 0.05) is 18.5 Å². The topological polar surface area (TPSA) is 77.8 Å². The van der Waals surface area contributed by atoms with E-state index in [-0.39, 0.29) is 18.5 Å². The number of rotatable bonds is 3. The van der Waals surface area contributed by atoms with Crippen molar-refractivity contribution >= 4 is 11.9 Å². The summed E-state index contributed by atoms with van der Waals surface area (Å²) >= 11 is 0. The summed E-state index contributed by atoms with van der Waals surface area (Å²) in [7, 11) is 0. The zero-order valence-electron chi connectivity index (χ0n) is 10.4. The van der Waals surface area contributed by atoms with Crippen molar-refractivity contribution < 1.29 is 28.6 Å². The molecule has 108 valence electrons. The first-order valence-electron chi connectivity index (χ1n) is 6.03. The summed E-state index contributed by atoms with van der Waals surface area (Å²) < 4.78 is 26.5. The van der Waals surface area contributed by atoms with Gasteiger partial charge in [0.25, 0.3) is 0 Å². The average Bonchev–Trinajstić information content (AvgIpc) is 2.77. The first-order chi connectivity index (χ1) is 9.40. The summed E-state index contributed by atoms with van der Waals surface area (Å²) in [6, 6.07) is 2.34. The van der Waals surface area contributed by atoms with Gasteiger partial charge in [-0.3, -0.25) is 4.79 Å². The van der Waals surface area contributed by atoms with E-state index in [1.165, 1.54) is 12.1 Å². The highest BCUT2D eigenvalue weighted by Crippen LogP contribution is 2.20. The van der Waals surface area contributed by atoms with E-state index in [4.69, 9.17) is 5.11 Å². The van der Waals surface area contributed by atoms with Crippen LogP contribution in [0.15, 0.2) is 18.2 Å². The summed E-state index contributed by atoms with van der Waals surface area (Å²) in [4.78, 5) is 24.0. The number of carbonyl (C=O) groups excluding carboxylic acids is 1. The molecule has 1 aromatic rings. The summed E-state index contributed by atoms with van der Waals surface area (Å²) in [5, 5.41) is 18.4. The van der Waals surface area contributed by atoms with Crippen LogP contribution in [-0.2, 0) is 16.0 Å². The molecule has 1 aliphatic rings. The summed E-state index contributed by atoms with van der Waals surface area (Å²) in [5.74, 6) is -4.06. The molecule has 0 aromatic heterocycles. The summed E-state index contributed by atoms with van der Waals surface area (Å²) in [5.41, 5.74) is -0.138. The van der Waals surface area contributed by atoms with Crippen LogP contribution in [0.2, 0.25) is 0 Å². The minimum atomic E-state index is -1.23. The van der Waals surface area contributed by atoms with Gasteiger partial charge < -0.3 is 15.1 Å². The van der Waals surface area contributed by atoms with E-state index in [1.54, 1.807) is 0 Å². The molecule has 2 N–H and O–H groups in total. The monoisotopic (exact) mass is 285 g/mol. The Kier molecular flexibility index (Phi) is 3.99.